The smallest absolute Gasteiger partial charge is 0.320 e. The van der Waals surface area contributed by atoms with Crippen LogP contribution in [0.2, 0.25) is 5.02 Å². The first-order valence-corrected chi connectivity index (χ1v) is 11.2. The molecule has 4 rings (SSSR count). The maximum Gasteiger partial charge on any atom is 0.320 e. The molecule has 0 spiro atoms. The number of halogens is 1. The van der Waals surface area contributed by atoms with Crippen molar-refractivity contribution in [1.82, 2.24) is 10.2 Å². The van der Waals surface area contributed by atoms with Gasteiger partial charge in [0, 0.05) is 22.8 Å². The summed E-state index contributed by atoms with van der Waals surface area (Å²) in [5, 5.41) is 23.0. The molecule has 1 aliphatic rings. The Morgan fingerprint density at radius 2 is 1.82 bits per heavy atom. The minimum Gasteiger partial charge on any atom is -0.481 e. The van der Waals surface area contributed by atoms with Crippen molar-refractivity contribution in [3.63, 3.8) is 0 Å². The van der Waals surface area contributed by atoms with Gasteiger partial charge in [-0.05, 0) is 85.9 Å². The van der Waals surface area contributed by atoms with E-state index in [2.05, 4.69) is 20.8 Å². The standard InChI is InChI=1S/C24H25ClN4O4/c1-14-12-18(25)8-11-20(14)27-24-29-28-23(33-24)22(32)26-19-9-6-17(7-10-19)16-4-2-15(3-5-16)13-21(30)31/h6-12,15-16H,2-5,13H2,1H3,(H,26,32)(H,27,29)(H,30,31). The maximum atomic E-state index is 12.5. The van der Waals surface area contributed by atoms with Crippen LogP contribution in [-0.4, -0.2) is 27.2 Å². The number of nitrogens with zero attached hydrogens (tertiary/aromatic N) is 2. The molecule has 1 aromatic heterocycles. The predicted molar refractivity (Wildman–Crippen MR) is 125 cm³/mol. The lowest BCUT2D eigenvalue weighted by atomic mass is 9.77. The van der Waals surface area contributed by atoms with Crippen molar-refractivity contribution in [3.05, 3.63) is 64.5 Å². The Hall–Kier alpha value is -3.39. The van der Waals surface area contributed by atoms with Gasteiger partial charge in [0.1, 0.15) is 0 Å². The van der Waals surface area contributed by atoms with E-state index in [9.17, 15) is 9.59 Å². The molecule has 8 nitrogen and oxygen atoms in total. The monoisotopic (exact) mass is 468 g/mol. The van der Waals surface area contributed by atoms with Crippen molar-refractivity contribution in [2.75, 3.05) is 10.6 Å². The Labute approximate surface area is 196 Å². The SMILES string of the molecule is Cc1cc(Cl)ccc1Nc1nnc(C(=O)Nc2ccc(C3CCC(CC(=O)O)CC3)cc2)o1. The Balaban J connectivity index is 1.32. The zero-order chi connectivity index (χ0) is 23.4. The Morgan fingerprint density at radius 3 is 2.48 bits per heavy atom. The Morgan fingerprint density at radius 1 is 1.09 bits per heavy atom. The summed E-state index contributed by atoms with van der Waals surface area (Å²) in [6.45, 7) is 1.89. The molecule has 0 bridgehead atoms. The maximum absolute atomic E-state index is 12.5. The number of aromatic nitrogens is 2. The first-order valence-electron chi connectivity index (χ1n) is 10.9. The lowest BCUT2D eigenvalue weighted by Gasteiger charge is -2.28. The minimum absolute atomic E-state index is 0.111. The van der Waals surface area contributed by atoms with Gasteiger partial charge in [-0.1, -0.05) is 28.8 Å². The number of carboxylic acid groups (broad SMARTS) is 1. The summed E-state index contributed by atoms with van der Waals surface area (Å²) in [7, 11) is 0. The van der Waals surface area contributed by atoms with E-state index < -0.39 is 11.9 Å². The number of amides is 1. The Kier molecular flexibility index (Phi) is 6.93. The quantitative estimate of drug-likeness (QED) is 0.402. The van der Waals surface area contributed by atoms with E-state index in [0.29, 0.717) is 16.6 Å². The molecule has 0 atom stereocenters. The number of nitrogens with one attached hydrogen (secondary N) is 2. The van der Waals surface area contributed by atoms with Crippen molar-refractivity contribution in [1.29, 1.82) is 0 Å². The van der Waals surface area contributed by atoms with Crippen LogP contribution in [0, 0.1) is 12.8 Å². The average molecular weight is 469 g/mol. The zero-order valence-corrected chi connectivity index (χ0v) is 18.9. The van der Waals surface area contributed by atoms with Crippen molar-refractivity contribution in [2.24, 2.45) is 5.92 Å². The van der Waals surface area contributed by atoms with Gasteiger partial charge in [-0.2, -0.15) is 0 Å². The van der Waals surface area contributed by atoms with Crippen LogP contribution < -0.4 is 10.6 Å². The van der Waals surface area contributed by atoms with Crippen molar-refractivity contribution in [2.45, 2.75) is 44.9 Å². The molecule has 2 aromatic carbocycles. The number of anilines is 3. The molecule has 1 saturated carbocycles. The van der Waals surface area contributed by atoms with Crippen LogP contribution in [0.15, 0.2) is 46.9 Å². The van der Waals surface area contributed by atoms with Crippen LogP contribution in [0.4, 0.5) is 17.4 Å². The van der Waals surface area contributed by atoms with Crippen LogP contribution in [0.3, 0.4) is 0 Å². The second-order valence-corrected chi connectivity index (χ2v) is 8.82. The fraction of sp³-hybridized carbons (Fsp3) is 0.333. The summed E-state index contributed by atoms with van der Waals surface area (Å²) in [4.78, 5) is 23.4. The van der Waals surface area contributed by atoms with Crippen LogP contribution in [0.1, 0.15) is 59.8 Å². The highest BCUT2D eigenvalue weighted by Crippen LogP contribution is 2.37. The third kappa shape index (κ3) is 5.90. The zero-order valence-electron chi connectivity index (χ0n) is 18.2. The summed E-state index contributed by atoms with van der Waals surface area (Å²) in [5.74, 6) is -0.673. The van der Waals surface area contributed by atoms with Gasteiger partial charge in [-0.25, -0.2) is 0 Å². The van der Waals surface area contributed by atoms with Gasteiger partial charge in [0.15, 0.2) is 0 Å². The number of carbonyl (C=O) groups excluding carboxylic acids is 1. The van der Waals surface area contributed by atoms with Gasteiger partial charge in [-0.15, -0.1) is 5.10 Å². The summed E-state index contributed by atoms with van der Waals surface area (Å²) >= 11 is 5.97. The molecule has 0 unspecified atom stereocenters. The van der Waals surface area contributed by atoms with E-state index in [4.69, 9.17) is 21.1 Å². The van der Waals surface area contributed by atoms with Crippen molar-refractivity contribution >= 4 is 40.9 Å². The lowest BCUT2D eigenvalue weighted by Crippen LogP contribution is -2.16. The molecule has 1 aliphatic carbocycles. The number of rotatable bonds is 7. The number of carbonyl (C=O) groups is 2. The van der Waals surface area contributed by atoms with Crippen LogP contribution in [0.25, 0.3) is 0 Å². The van der Waals surface area contributed by atoms with E-state index in [1.807, 2.05) is 31.2 Å². The molecule has 0 radical (unpaired) electrons. The van der Waals surface area contributed by atoms with Crippen molar-refractivity contribution < 1.29 is 19.1 Å². The predicted octanol–water partition coefficient (Wildman–Crippen LogP) is 5.78. The number of hydrogen-bond donors (Lipinski definition) is 3. The largest absolute Gasteiger partial charge is 0.481 e. The van der Waals surface area contributed by atoms with Gasteiger partial charge >= 0.3 is 23.8 Å². The molecule has 172 valence electrons. The van der Waals surface area contributed by atoms with Gasteiger partial charge in [0.05, 0.1) is 0 Å². The minimum atomic E-state index is -0.720. The molecule has 33 heavy (non-hydrogen) atoms. The van der Waals surface area contributed by atoms with E-state index in [1.165, 1.54) is 5.56 Å². The second kappa shape index (κ2) is 10.0. The first kappa shape index (κ1) is 22.8. The van der Waals surface area contributed by atoms with Crippen molar-refractivity contribution in [3.8, 4) is 0 Å². The van der Waals surface area contributed by atoms with Crippen LogP contribution in [0.5, 0.6) is 0 Å². The number of hydrogen-bond acceptors (Lipinski definition) is 6. The molecule has 0 saturated heterocycles. The molecule has 1 heterocycles. The number of aryl methyl sites for hydroxylation is 1. The lowest BCUT2D eigenvalue weighted by molar-refractivity contribution is -0.138. The first-order chi connectivity index (χ1) is 15.9. The fourth-order valence-electron chi connectivity index (χ4n) is 4.22. The van der Waals surface area contributed by atoms with E-state index >= 15 is 0 Å². The summed E-state index contributed by atoms with van der Waals surface area (Å²) < 4.78 is 5.44. The number of benzene rings is 2. The molecule has 0 aliphatic heterocycles. The van der Waals surface area contributed by atoms with E-state index in [1.54, 1.807) is 18.2 Å². The van der Waals surface area contributed by atoms with E-state index in [-0.39, 0.29) is 24.2 Å². The molecule has 1 fully saturated rings. The second-order valence-electron chi connectivity index (χ2n) is 8.39. The molecule has 3 aromatic rings. The summed E-state index contributed by atoms with van der Waals surface area (Å²) in [6, 6.07) is 13.2. The Bertz CT molecular complexity index is 1140. The highest BCUT2D eigenvalue weighted by atomic mass is 35.5. The van der Waals surface area contributed by atoms with Crippen LogP contribution >= 0.6 is 11.6 Å². The molecular weight excluding hydrogens is 444 g/mol. The normalized spacial score (nSPS) is 18.0. The third-order valence-corrected chi connectivity index (χ3v) is 6.23. The molecule has 9 heteroatoms. The number of carboxylic acids is 1. The fourth-order valence-corrected chi connectivity index (χ4v) is 4.44. The van der Waals surface area contributed by atoms with Crippen LogP contribution in [-0.2, 0) is 4.79 Å². The van der Waals surface area contributed by atoms with E-state index in [0.717, 1.165) is 36.9 Å². The molecule has 1 amide bonds. The summed E-state index contributed by atoms with van der Waals surface area (Å²) in [6.07, 6.45) is 4.07. The highest BCUT2D eigenvalue weighted by Gasteiger charge is 2.24. The topological polar surface area (TPSA) is 117 Å². The van der Waals surface area contributed by atoms with Gasteiger partial charge < -0.3 is 20.2 Å². The van der Waals surface area contributed by atoms with Gasteiger partial charge in [0.25, 0.3) is 0 Å². The number of aliphatic carboxylic acids is 1. The molecule has 3 N–H and O–H groups in total. The average Bonchev–Trinajstić information content (AvgIpc) is 3.25. The summed E-state index contributed by atoms with van der Waals surface area (Å²) in [5.41, 5.74) is 3.48. The van der Waals surface area contributed by atoms with Gasteiger partial charge in [-0.3, -0.25) is 9.59 Å². The highest BCUT2D eigenvalue weighted by molar-refractivity contribution is 6.30. The third-order valence-electron chi connectivity index (χ3n) is 6.00. The molecular formula is C24H25ClN4O4. The van der Waals surface area contributed by atoms with Gasteiger partial charge in [0.2, 0.25) is 0 Å².